The molecule has 4 heteroatoms. The van der Waals surface area contributed by atoms with Crippen molar-refractivity contribution in [1.82, 2.24) is 0 Å². The Bertz CT molecular complexity index is 549. The van der Waals surface area contributed by atoms with E-state index in [1.807, 2.05) is 0 Å². The molecule has 1 heterocycles. The molecule has 0 N–H and O–H groups in total. The maximum absolute atomic E-state index is 3.61. The third-order valence-electron chi connectivity index (χ3n) is 3.42. The van der Waals surface area contributed by atoms with Gasteiger partial charge in [0.05, 0.1) is 0 Å². The molecule has 19 heavy (non-hydrogen) atoms. The first-order valence-corrected chi connectivity index (χ1v) is 9.26. The molecule has 3 rings (SSSR count). The van der Waals surface area contributed by atoms with Gasteiger partial charge in [0, 0.05) is 28.1 Å². The quantitative estimate of drug-likeness (QED) is 0.592. The van der Waals surface area contributed by atoms with Crippen molar-refractivity contribution in [3.63, 3.8) is 0 Å². The molecule has 1 aliphatic rings. The number of benzene rings is 1. The van der Waals surface area contributed by atoms with E-state index in [0.717, 1.165) is 22.4 Å². The molecule has 0 unspecified atom stereocenters. The Kier molecular flexibility index (Phi) is 4.30. The van der Waals surface area contributed by atoms with Crippen LogP contribution < -0.4 is 4.90 Å². The summed E-state index contributed by atoms with van der Waals surface area (Å²) in [6.45, 7) is 1.02. The van der Waals surface area contributed by atoms with E-state index in [1.54, 1.807) is 11.3 Å². The average molecular weight is 401 g/mol. The predicted octanol–water partition coefficient (Wildman–Crippen LogP) is 5.57. The van der Waals surface area contributed by atoms with Crippen LogP contribution in [0.25, 0.3) is 0 Å². The number of hydrogen-bond donors (Lipinski definition) is 0. The van der Waals surface area contributed by atoms with E-state index >= 15 is 0 Å². The third kappa shape index (κ3) is 3.23. The predicted molar refractivity (Wildman–Crippen MR) is 90.3 cm³/mol. The summed E-state index contributed by atoms with van der Waals surface area (Å²) >= 11 is 8.95. The Morgan fingerprint density at radius 2 is 2.11 bits per heavy atom. The van der Waals surface area contributed by atoms with Gasteiger partial charge in [-0.3, -0.25) is 0 Å². The van der Waals surface area contributed by atoms with E-state index in [0.29, 0.717) is 0 Å². The summed E-state index contributed by atoms with van der Waals surface area (Å²) in [5, 5.41) is 5.31. The number of anilines is 1. The number of thiophene rings is 1. The molecule has 0 amide bonds. The van der Waals surface area contributed by atoms with Crippen molar-refractivity contribution >= 4 is 48.9 Å². The van der Waals surface area contributed by atoms with Gasteiger partial charge in [-0.1, -0.05) is 31.9 Å². The molecule has 0 radical (unpaired) electrons. The molecule has 1 aromatic heterocycles. The summed E-state index contributed by atoms with van der Waals surface area (Å²) in [5.41, 5.74) is 4.14. The van der Waals surface area contributed by atoms with Gasteiger partial charge in [-0.2, -0.15) is 11.3 Å². The molecule has 1 nitrogen and oxygen atoms in total. The number of nitrogens with zero attached hydrogens (tertiary/aromatic N) is 1. The van der Waals surface area contributed by atoms with E-state index in [2.05, 4.69) is 71.8 Å². The molecule has 0 bridgehead atoms. The van der Waals surface area contributed by atoms with Crippen molar-refractivity contribution in [1.29, 1.82) is 0 Å². The lowest BCUT2D eigenvalue weighted by molar-refractivity contribution is 0.792. The Balaban J connectivity index is 1.91. The summed E-state index contributed by atoms with van der Waals surface area (Å²) in [6.07, 6.45) is 2.64. The van der Waals surface area contributed by atoms with Crippen LogP contribution in [0.15, 0.2) is 39.5 Å². The molecule has 0 saturated heterocycles. The van der Waals surface area contributed by atoms with Crippen LogP contribution in [-0.2, 0) is 11.9 Å². The summed E-state index contributed by atoms with van der Waals surface area (Å²) in [4.78, 5) is 2.56. The molecular weight excluding hydrogens is 386 g/mol. The molecule has 0 atom stereocenters. The van der Waals surface area contributed by atoms with Crippen molar-refractivity contribution in [2.24, 2.45) is 0 Å². The maximum Gasteiger partial charge on any atom is 0.0440 e. The lowest BCUT2D eigenvalue weighted by atomic mass is 10.1. The van der Waals surface area contributed by atoms with Gasteiger partial charge in [-0.25, -0.2) is 0 Å². The standard InChI is InChI=1S/C15H15Br2NS/c16-8-12-7-13(17)1-4-15(12)18(14-2-3-14)9-11-5-6-19-10-11/h1,4-7,10,14H,2-3,8-9H2. The van der Waals surface area contributed by atoms with Gasteiger partial charge in [0.1, 0.15) is 0 Å². The minimum Gasteiger partial charge on any atom is -0.364 e. The second-order valence-corrected chi connectivity index (χ2v) is 7.15. The zero-order chi connectivity index (χ0) is 13.2. The Morgan fingerprint density at radius 1 is 1.26 bits per heavy atom. The zero-order valence-corrected chi connectivity index (χ0v) is 14.5. The number of hydrogen-bond acceptors (Lipinski definition) is 2. The van der Waals surface area contributed by atoms with Crippen LogP contribution in [0.3, 0.4) is 0 Å². The summed E-state index contributed by atoms with van der Waals surface area (Å²) in [5.74, 6) is 0. The van der Waals surface area contributed by atoms with E-state index in [4.69, 9.17) is 0 Å². The van der Waals surface area contributed by atoms with E-state index in [1.165, 1.54) is 29.7 Å². The van der Waals surface area contributed by atoms with Crippen LogP contribution in [0.5, 0.6) is 0 Å². The topological polar surface area (TPSA) is 3.24 Å². The molecule has 100 valence electrons. The normalized spacial score (nSPS) is 14.6. The maximum atomic E-state index is 3.61. The van der Waals surface area contributed by atoms with Crippen LogP contribution >= 0.6 is 43.2 Å². The van der Waals surface area contributed by atoms with Gasteiger partial charge < -0.3 is 4.90 Å². The SMILES string of the molecule is BrCc1cc(Br)ccc1N(Cc1ccsc1)C1CC1. The minimum absolute atomic E-state index is 0.721. The smallest absolute Gasteiger partial charge is 0.0440 e. The fourth-order valence-electron chi connectivity index (χ4n) is 2.32. The van der Waals surface area contributed by atoms with Gasteiger partial charge >= 0.3 is 0 Å². The second kappa shape index (κ2) is 5.98. The van der Waals surface area contributed by atoms with E-state index in [-0.39, 0.29) is 0 Å². The van der Waals surface area contributed by atoms with Crippen molar-refractivity contribution in [3.05, 3.63) is 50.6 Å². The minimum atomic E-state index is 0.721. The largest absolute Gasteiger partial charge is 0.364 e. The fraction of sp³-hybridized carbons (Fsp3) is 0.333. The number of alkyl halides is 1. The highest BCUT2D eigenvalue weighted by atomic mass is 79.9. The van der Waals surface area contributed by atoms with E-state index in [9.17, 15) is 0 Å². The van der Waals surface area contributed by atoms with Gasteiger partial charge in [0.25, 0.3) is 0 Å². The molecule has 2 aromatic rings. The van der Waals surface area contributed by atoms with Gasteiger partial charge in [-0.15, -0.1) is 0 Å². The second-order valence-electron chi connectivity index (χ2n) is 4.90. The summed E-state index contributed by atoms with van der Waals surface area (Å²) in [6, 6.07) is 9.55. The van der Waals surface area contributed by atoms with Crippen LogP contribution in [0, 0.1) is 0 Å². The van der Waals surface area contributed by atoms with Gasteiger partial charge in [0.15, 0.2) is 0 Å². The Morgan fingerprint density at radius 3 is 2.74 bits per heavy atom. The monoisotopic (exact) mass is 399 g/mol. The highest BCUT2D eigenvalue weighted by Gasteiger charge is 2.30. The molecule has 1 saturated carbocycles. The molecular formula is C15H15Br2NS. The number of halogens is 2. The zero-order valence-electron chi connectivity index (χ0n) is 10.5. The Hall–Kier alpha value is -0.320. The lowest BCUT2D eigenvalue weighted by Gasteiger charge is -2.26. The summed E-state index contributed by atoms with van der Waals surface area (Å²) < 4.78 is 1.15. The molecule has 1 aromatic carbocycles. The highest BCUT2D eigenvalue weighted by molar-refractivity contribution is 9.10. The Labute approximate surface area is 134 Å². The average Bonchev–Trinajstić information content (AvgIpc) is 3.13. The highest BCUT2D eigenvalue weighted by Crippen LogP contribution is 2.36. The van der Waals surface area contributed by atoms with Gasteiger partial charge in [0.2, 0.25) is 0 Å². The number of rotatable bonds is 5. The first kappa shape index (κ1) is 13.7. The van der Waals surface area contributed by atoms with Crippen LogP contribution in [0.1, 0.15) is 24.0 Å². The van der Waals surface area contributed by atoms with Crippen LogP contribution in [0.2, 0.25) is 0 Å². The molecule has 0 aliphatic heterocycles. The lowest BCUT2D eigenvalue weighted by Crippen LogP contribution is -2.25. The molecule has 1 aliphatic carbocycles. The summed E-state index contributed by atoms with van der Waals surface area (Å²) in [7, 11) is 0. The third-order valence-corrected chi connectivity index (χ3v) is 5.25. The van der Waals surface area contributed by atoms with Crippen LogP contribution in [-0.4, -0.2) is 6.04 Å². The van der Waals surface area contributed by atoms with Crippen molar-refractivity contribution < 1.29 is 0 Å². The van der Waals surface area contributed by atoms with Crippen molar-refractivity contribution in [3.8, 4) is 0 Å². The molecule has 0 spiro atoms. The van der Waals surface area contributed by atoms with Crippen molar-refractivity contribution in [2.75, 3.05) is 4.90 Å². The van der Waals surface area contributed by atoms with Crippen molar-refractivity contribution in [2.45, 2.75) is 30.8 Å². The van der Waals surface area contributed by atoms with Crippen LogP contribution in [0.4, 0.5) is 5.69 Å². The first-order valence-electron chi connectivity index (χ1n) is 6.40. The van der Waals surface area contributed by atoms with Gasteiger partial charge in [-0.05, 0) is 59.0 Å². The fourth-order valence-corrected chi connectivity index (χ4v) is 3.84. The first-order chi connectivity index (χ1) is 9.28. The van der Waals surface area contributed by atoms with E-state index < -0.39 is 0 Å². The molecule has 1 fully saturated rings.